The van der Waals surface area contributed by atoms with E-state index in [0.29, 0.717) is 60.6 Å². The first-order valence-corrected chi connectivity index (χ1v) is 22.3. The van der Waals surface area contributed by atoms with Crippen molar-refractivity contribution in [3.63, 3.8) is 0 Å². The van der Waals surface area contributed by atoms with Crippen LogP contribution in [0, 0.1) is 39.2 Å². The van der Waals surface area contributed by atoms with E-state index < -0.39 is 22.7 Å². The lowest BCUT2D eigenvalue weighted by Gasteiger charge is -2.60. The number of nitrogens with zero attached hydrogens (tertiary/aromatic N) is 5. The van der Waals surface area contributed by atoms with Crippen molar-refractivity contribution in [2.24, 2.45) is 22.9 Å². The molecule has 334 valence electrons. The number of rotatable bonds is 23. The Morgan fingerprint density at radius 3 is 2.49 bits per heavy atom. The highest BCUT2D eigenvalue weighted by atomic mass is 16.7. The Labute approximate surface area is 369 Å². The topological polar surface area (TPSA) is 180 Å². The molecular formula is C49H59N5O9. The SMILES string of the molecule is C=CCO[C@@]12Oc3ccc(OCCN4CC4)cc3[C@H]3[C@H](CCCCO)[C@@H](CCCCO)C=C(C(=NOCc4ccc([N+](=O)[O-])cc4)C[C@@H]1N(CCC)C(=O)c1ccc(C#N)cc1)[C@H]32. The standard InChI is InChI=1S/C49H59N5O9/c1-3-21-53(48(57)36-15-11-34(32-50)12-16-36)45-31-43(51-62-33-35-13-17-38(18-14-35)54(58)59)41-29-37(9-5-7-25-55)40(10-6-8-26-56)46-42-30-39(60-28-24-52-22-23-52)19-20-44(42)63-49(45,47(41)46)61-27-4-2/h4,11-20,29-30,37,40,45-47,55-56H,2-3,5-10,21-28,31,33H2,1H3/t37-,40+,45-,46+,47+,49+/m0/s1. The molecule has 7 rings (SSSR count). The molecule has 1 amide bonds. The van der Waals surface area contributed by atoms with E-state index >= 15 is 0 Å². The van der Waals surface area contributed by atoms with E-state index in [1.165, 1.54) is 12.1 Å². The van der Waals surface area contributed by atoms with Crippen LogP contribution < -0.4 is 9.47 Å². The van der Waals surface area contributed by atoms with E-state index in [1.54, 1.807) is 42.5 Å². The van der Waals surface area contributed by atoms with E-state index in [1.807, 2.05) is 24.0 Å². The third kappa shape index (κ3) is 10.3. The number of oxime groups is 1. The minimum Gasteiger partial charge on any atom is -0.492 e. The molecule has 0 aromatic heterocycles. The van der Waals surface area contributed by atoms with Gasteiger partial charge >= 0.3 is 0 Å². The molecule has 0 radical (unpaired) electrons. The molecule has 2 fully saturated rings. The number of hydrogen-bond acceptors (Lipinski definition) is 12. The van der Waals surface area contributed by atoms with Crippen LogP contribution in [-0.4, -0.2) is 101 Å². The number of carbonyl (C=O) groups excluding carboxylic acids is 1. The number of hydrogen-bond donors (Lipinski definition) is 2. The van der Waals surface area contributed by atoms with Crippen molar-refractivity contribution in [2.45, 2.75) is 82.6 Å². The molecule has 6 atom stereocenters. The van der Waals surface area contributed by atoms with E-state index in [-0.39, 0.29) is 62.2 Å². The van der Waals surface area contributed by atoms with Crippen LogP contribution in [0.5, 0.6) is 11.5 Å². The second-order valence-electron chi connectivity index (χ2n) is 16.8. The van der Waals surface area contributed by atoms with Gasteiger partial charge in [-0.1, -0.05) is 37.1 Å². The summed E-state index contributed by atoms with van der Waals surface area (Å²) in [5.41, 5.74) is 4.05. The normalized spacial score (nSPS) is 23.9. The molecule has 14 nitrogen and oxygen atoms in total. The van der Waals surface area contributed by atoms with Gasteiger partial charge in [0.1, 0.15) is 30.8 Å². The fourth-order valence-electron chi connectivity index (χ4n) is 9.72. The average molecular weight is 862 g/mol. The van der Waals surface area contributed by atoms with Crippen LogP contribution in [0.15, 0.2) is 96.2 Å². The van der Waals surface area contributed by atoms with Crippen LogP contribution in [0.25, 0.3) is 0 Å². The van der Waals surface area contributed by atoms with Crippen LogP contribution in [0.3, 0.4) is 0 Å². The van der Waals surface area contributed by atoms with Crippen molar-refractivity contribution in [2.75, 3.05) is 52.6 Å². The predicted molar refractivity (Wildman–Crippen MR) is 237 cm³/mol. The third-order valence-corrected chi connectivity index (χ3v) is 12.8. The fraction of sp³-hybridized carbons (Fsp3) is 0.490. The van der Waals surface area contributed by atoms with Crippen molar-refractivity contribution in [1.82, 2.24) is 9.80 Å². The number of nitro groups is 1. The quantitative estimate of drug-likeness (QED) is 0.0316. The molecule has 2 heterocycles. The number of nitriles is 1. The van der Waals surface area contributed by atoms with Crippen molar-refractivity contribution >= 4 is 17.3 Å². The van der Waals surface area contributed by atoms with Crippen LogP contribution in [0.2, 0.25) is 0 Å². The van der Waals surface area contributed by atoms with E-state index in [2.05, 4.69) is 29.7 Å². The fourth-order valence-corrected chi connectivity index (χ4v) is 9.72. The smallest absolute Gasteiger partial charge is 0.269 e. The van der Waals surface area contributed by atoms with Gasteiger partial charge in [-0.05, 0) is 110 Å². The summed E-state index contributed by atoms with van der Waals surface area (Å²) >= 11 is 0. The highest BCUT2D eigenvalue weighted by Crippen LogP contribution is 2.62. The number of unbranched alkanes of at least 4 members (excludes halogenated alkanes) is 2. The lowest BCUT2D eigenvalue weighted by atomic mass is 9.55. The zero-order valence-corrected chi connectivity index (χ0v) is 36.1. The zero-order valence-electron chi connectivity index (χ0n) is 36.1. The minimum absolute atomic E-state index is 0.0231. The number of allylic oxidation sites excluding steroid dienone is 1. The van der Waals surface area contributed by atoms with E-state index in [9.17, 15) is 30.4 Å². The molecule has 3 aromatic carbocycles. The molecule has 63 heavy (non-hydrogen) atoms. The van der Waals surface area contributed by atoms with Gasteiger partial charge in [-0.15, -0.1) is 6.58 Å². The van der Waals surface area contributed by atoms with Gasteiger partial charge in [0.15, 0.2) is 0 Å². The Bertz CT molecular complexity index is 2170. The summed E-state index contributed by atoms with van der Waals surface area (Å²) in [6.45, 7) is 10.3. The molecule has 2 aliphatic carbocycles. The summed E-state index contributed by atoms with van der Waals surface area (Å²) in [5, 5.41) is 45.7. The molecule has 0 bridgehead atoms. The number of amides is 1. The Balaban J connectivity index is 1.41. The number of carbonyl (C=O) groups is 1. The Morgan fingerprint density at radius 1 is 1.08 bits per heavy atom. The second-order valence-corrected chi connectivity index (χ2v) is 16.8. The van der Waals surface area contributed by atoms with Crippen molar-refractivity contribution in [1.29, 1.82) is 5.26 Å². The average Bonchev–Trinajstić information content (AvgIpc) is 4.13. The zero-order chi connectivity index (χ0) is 44.3. The van der Waals surface area contributed by atoms with Gasteiger partial charge < -0.3 is 34.2 Å². The Morgan fingerprint density at radius 2 is 1.83 bits per heavy atom. The first-order valence-electron chi connectivity index (χ1n) is 22.3. The molecule has 0 spiro atoms. The maximum absolute atomic E-state index is 14.9. The number of aliphatic hydroxyl groups is 2. The molecule has 1 saturated carbocycles. The number of ether oxygens (including phenoxy) is 3. The number of fused-ring (bicyclic) bond motifs is 2. The Kier molecular flexibility index (Phi) is 15.3. The van der Waals surface area contributed by atoms with Gasteiger partial charge in [-0.2, -0.15) is 5.26 Å². The molecule has 4 aliphatic rings. The number of benzene rings is 3. The summed E-state index contributed by atoms with van der Waals surface area (Å²) in [6.07, 6.45) is 9.31. The molecule has 14 heteroatoms. The summed E-state index contributed by atoms with van der Waals surface area (Å²) < 4.78 is 20.8. The molecule has 2 N–H and O–H groups in total. The summed E-state index contributed by atoms with van der Waals surface area (Å²) in [6, 6.07) is 20.2. The number of aliphatic hydroxyl groups excluding tert-OH is 2. The van der Waals surface area contributed by atoms with Gasteiger partial charge in [0.2, 0.25) is 5.79 Å². The van der Waals surface area contributed by atoms with Gasteiger partial charge in [-0.3, -0.25) is 19.8 Å². The summed E-state index contributed by atoms with van der Waals surface area (Å²) in [4.78, 5) is 36.2. The molecule has 2 aliphatic heterocycles. The largest absolute Gasteiger partial charge is 0.492 e. The van der Waals surface area contributed by atoms with Crippen LogP contribution in [0.4, 0.5) is 5.69 Å². The maximum Gasteiger partial charge on any atom is 0.269 e. The van der Waals surface area contributed by atoms with Gasteiger partial charge in [-0.25, -0.2) is 0 Å². The second kappa shape index (κ2) is 21.2. The molecule has 1 saturated heterocycles. The molecular weight excluding hydrogens is 803 g/mol. The number of non-ortho nitro benzene ring substituents is 1. The third-order valence-electron chi connectivity index (χ3n) is 12.8. The predicted octanol–water partition coefficient (Wildman–Crippen LogP) is 7.55. The summed E-state index contributed by atoms with van der Waals surface area (Å²) in [7, 11) is 0. The van der Waals surface area contributed by atoms with Crippen molar-refractivity contribution in [3.05, 3.63) is 123 Å². The van der Waals surface area contributed by atoms with Crippen LogP contribution in [-0.2, 0) is 16.2 Å². The first kappa shape index (κ1) is 45.4. The lowest BCUT2D eigenvalue weighted by molar-refractivity contribution is -0.384. The van der Waals surface area contributed by atoms with Gasteiger partial charge in [0.05, 0.1) is 34.8 Å². The lowest BCUT2D eigenvalue weighted by Crippen LogP contribution is -2.70. The highest BCUT2D eigenvalue weighted by molar-refractivity contribution is 6.03. The number of nitro benzene ring substituents is 1. The molecule has 3 aromatic rings. The van der Waals surface area contributed by atoms with Crippen LogP contribution >= 0.6 is 0 Å². The minimum atomic E-state index is -1.43. The monoisotopic (exact) mass is 861 g/mol. The van der Waals surface area contributed by atoms with Crippen LogP contribution in [0.1, 0.15) is 91.3 Å². The molecule has 0 unspecified atom stereocenters. The summed E-state index contributed by atoms with van der Waals surface area (Å²) in [5.74, 6) is -0.932. The van der Waals surface area contributed by atoms with Gasteiger partial charge in [0, 0.05) is 75.0 Å². The maximum atomic E-state index is 14.9. The highest BCUT2D eigenvalue weighted by Gasteiger charge is 2.65. The van der Waals surface area contributed by atoms with E-state index in [0.717, 1.165) is 62.2 Å². The van der Waals surface area contributed by atoms with Gasteiger partial charge in [0.25, 0.3) is 11.6 Å². The Hall–Kier alpha value is -5.59. The first-order chi connectivity index (χ1) is 30.7. The van der Waals surface area contributed by atoms with E-state index in [4.69, 9.17) is 24.2 Å². The van der Waals surface area contributed by atoms with Crippen molar-refractivity contribution in [3.8, 4) is 17.6 Å². The van der Waals surface area contributed by atoms with Crippen molar-refractivity contribution < 1.29 is 39.0 Å².